The molecule has 0 amide bonds. The highest BCUT2D eigenvalue weighted by Crippen LogP contribution is 2.17. The van der Waals surface area contributed by atoms with Gasteiger partial charge in [-0.05, 0) is 19.4 Å². The highest BCUT2D eigenvalue weighted by atomic mass is 16.5. The maximum atomic E-state index is 5.68. The van der Waals surface area contributed by atoms with Crippen LogP contribution in [0.15, 0.2) is 24.3 Å². The maximum absolute atomic E-state index is 5.68. The highest BCUT2D eigenvalue weighted by Gasteiger charge is 2.04. The van der Waals surface area contributed by atoms with Crippen molar-refractivity contribution in [3.8, 4) is 5.75 Å². The van der Waals surface area contributed by atoms with E-state index in [9.17, 15) is 0 Å². The van der Waals surface area contributed by atoms with E-state index in [1.54, 1.807) is 7.11 Å². The molecule has 0 aromatic heterocycles. The first-order chi connectivity index (χ1) is 8.27. The summed E-state index contributed by atoms with van der Waals surface area (Å²) < 4.78 is 10.7. The van der Waals surface area contributed by atoms with Gasteiger partial charge >= 0.3 is 0 Å². The van der Waals surface area contributed by atoms with Crippen LogP contribution >= 0.6 is 0 Å². The molecular formula is C14H23NO2. The van der Waals surface area contributed by atoms with Gasteiger partial charge in [0, 0.05) is 25.3 Å². The highest BCUT2D eigenvalue weighted by molar-refractivity contribution is 5.33. The number of hydrogen-bond donors (Lipinski definition) is 1. The van der Waals surface area contributed by atoms with Gasteiger partial charge in [-0.2, -0.15) is 0 Å². The first-order valence-corrected chi connectivity index (χ1v) is 6.21. The lowest BCUT2D eigenvalue weighted by molar-refractivity contribution is 0.145. The number of methoxy groups -OCH3 is 1. The van der Waals surface area contributed by atoms with Crippen molar-refractivity contribution < 1.29 is 9.47 Å². The minimum Gasteiger partial charge on any atom is -0.491 e. The number of para-hydroxylation sites is 1. The predicted molar refractivity (Wildman–Crippen MR) is 70.4 cm³/mol. The molecule has 1 atom stereocenters. The molecule has 0 aliphatic rings. The van der Waals surface area contributed by atoms with Crippen molar-refractivity contribution in [3.63, 3.8) is 0 Å². The molecule has 0 radical (unpaired) electrons. The maximum Gasteiger partial charge on any atom is 0.123 e. The molecule has 1 aromatic carbocycles. The third-order valence-corrected chi connectivity index (χ3v) is 2.77. The minimum atomic E-state index is 0.530. The summed E-state index contributed by atoms with van der Waals surface area (Å²) in [6.07, 6.45) is 1.13. The standard InChI is InChI=1S/C14H23NO2/c1-4-12(2)15-11-13-7-5-6-8-14(13)17-10-9-16-3/h5-8,12,15H,4,9-11H2,1-3H3. The van der Waals surface area contributed by atoms with Crippen LogP contribution < -0.4 is 10.1 Å². The Balaban J connectivity index is 2.51. The fourth-order valence-corrected chi connectivity index (χ4v) is 1.45. The summed E-state index contributed by atoms with van der Waals surface area (Å²) in [6, 6.07) is 8.66. The summed E-state index contributed by atoms with van der Waals surface area (Å²) in [6.45, 7) is 6.43. The Kier molecular flexibility index (Phi) is 6.67. The zero-order valence-electron chi connectivity index (χ0n) is 11.0. The molecule has 1 unspecified atom stereocenters. The fraction of sp³-hybridized carbons (Fsp3) is 0.571. The zero-order valence-corrected chi connectivity index (χ0v) is 11.0. The number of hydrogen-bond acceptors (Lipinski definition) is 3. The van der Waals surface area contributed by atoms with Crippen LogP contribution in [-0.2, 0) is 11.3 Å². The first-order valence-electron chi connectivity index (χ1n) is 6.21. The lowest BCUT2D eigenvalue weighted by Crippen LogP contribution is -2.24. The van der Waals surface area contributed by atoms with E-state index >= 15 is 0 Å². The Morgan fingerprint density at radius 1 is 1.24 bits per heavy atom. The van der Waals surface area contributed by atoms with Gasteiger partial charge in [0.15, 0.2) is 0 Å². The average Bonchev–Trinajstić information content (AvgIpc) is 2.37. The van der Waals surface area contributed by atoms with Gasteiger partial charge in [0.2, 0.25) is 0 Å². The van der Waals surface area contributed by atoms with E-state index in [0.717, 1.165) is 18.7 Å². The van der Waals surface area contributed by atoms with E-state index in [-0.39, 0.29) is 0 Å². The Bertz CT molecular complexity index is 315. The molecule has 0 saturated heterocycles. The molecule has 3 nitrogen and oxygen atoms in total. The minimum absolute atomic E-state index is 0.530. The van der Waals surface area contributed by atoms with Crippen molar-refractivity contribution in [2.45, 2.75) is 32.9 Å². The lowest BCUT2D eigenvalue weighted by Gasteiger charge is -2.14. The molecular weight excluding hydrogens is 214 g/mol. The normalized spacial score (nSPS) is 12.4. The lowest BCUT2D eigenvalue weighted by atomic mass is 10.2. The Hall–Kier alpha value is -1.06. The first kappa shape index (κ1) is 14.0. The van der Waals surface area contributed by atoms with Gasteiger partial charge in [-0.3, -0.25) is 0 Å². The molecule has 0 bridgehead atoms. The molecule has 1 N–H and O–H groups in total. The summed E-state index contributed by atoms with van der Waals surface area (Å²) in [5, 5.41) is 3.47. The number of nitrogens with one attached hydrogen (secondary N) is 1. The van der Waals surface area contributed by atoms with Crippen molar-refractivity contribution in [2.75, 3.05) is 20.3 Å². The molecule has 0 fully saturated rings. The quantitative estimate of drug-likeness (QED) is 0.705. The fourth-order valence-electron chi connectivity index (χ4n) is 1.45. The summed E-state index contributed by atoms with van der Waals surface area (Å²) in [7, 11) is 1.68. The second kappa shape index (κ2) is 8.09. The molecule has 1 rings (SSSR count). The SMILES string of the molecule is CCC(C)NCc1ccccc1OCCOC. The topological polar surface area (TPSA) is 30.5 Å². The second-order valence-corrected chi connectivity index (χ2v) is 4.14. The summed E-state index contributed by atoms with van der Waals surface area (Å²) in [4.78, 5) is 0. The van der Waals surface area contributed by atoms with Crippen LogP contribution in [0.1, 0.15) is 25.8 Å². The largest absolute Gasteiger partial charge is 0.491 e. The van der Waals surface area contributed by atoms with Crippen molar-refractivity contribution >= 4 is 0 Å². The molecule has 96 valence electrons. The molecule has 0 spiro atoms. The van der Waals surface area contributed by atoms with Crippen LogP contribution in [0.3, 0.4) is 0 Å². The van der Waals surface area contributed by atoms with Gasteiger partial charge in [0.1, 0.15) is 12.4 Å². The Morgan fingerprint density at radius 2 is 2.00 bits per heavy atom. The molecule has 0 aliphatic carbocycles. The molecule has 0 saturated carbocycles. The van der Waals surface area contributed by atoms with Crippen molar-refractivity contribution in [3.05, 3.63) is 29.8 Å². The third kappa shape index (κ3) is 5.20. The molecule has 0 heterocycles. The summed E-state index contributed by atoms with van der Waals surface area (Å²) >= 11 is 0. The van der Waals surface area contributed by atoms with Crippen LogP contribution in [0.5, 0.6) is 5.75 Å². The van der Waals surface area contributed by atoms with E-state index in [4.69, 9.17) is 9.47 Å². The second-order valence-electron chi connectivity index (χ2n) is 4.14. The van der Waals surface area contributed by atoms with Crippen molar-refractivity contribution in [2.24, 2.45) is 0 Å². The van der Waals surface area contributed by atoms with Gasteiger partial charge in [-0.15, -0.1) is 0 Å². The number of rotatable bonds is 8. The van der Waals surface area contributed by atoms with Gasteiger partial charge in [0.25, 0.3) is 0 Å². The van der Waals surface area contributed by atoms with Gasteiger partial charge in [-0.1, -0.05) is 25.1 Å². The molecule has 0 aliphatic heterocycles. The summed E-state index contributed by atoms with van der Waals surface area (Å²) in [5.74, 6) is 0.945. The van der Waals surface area contributed by atoms with E-state index in [1.165, 1.54) is 5.56 Å². The monoisotopic (exact) mass is 237 g/mol. The van der Waals surface area contributed by atoms with Crippen LogP contribution in [0.2, 0.25) is 0 Å². The van der Waals surface area contributed by atoms with Crippen molar-refractivity contribution in [1.82, 2.24) is 5.32 Å². The van der Waals surface area contributed by atoms with Crippen LogP contribution in [0.25, 0.3) is 0 Å². The van der Waals surface area contributed by atoms with Crippen LogP contribution in [0, 0.1) is 0 Å². The molecule has 1 aromatic rings. The number of ether oxygens (including phenoxy) is 2. The molecule has 17 heavy (non-hydrogen) atoms. The van der Waals surface area contributed by atoms with Crippen LogP contribution in [-0.4, -0.2) is 26.4 Å². The Labute approximate surface area is 104 Å². The Morgan fingerprint density at radius 3 is 2.71 bits per heavy atom. The van der Waals surface area contributed by atoms with E-state index < -0.39 is 0 Å². The van der Waals surface area contributed by atoms with E-state index in [2.05, 4.69) is 25.2 Å². The number of benzene rings is 1. The summed E-state index contributed by atoms with van der Waals surface area (Å²) in [5.41, 5.74) is 1.20. The molecule has 3 heteroatoms. The third-order valence-electron chi connectivity index (χ3n) is 2.77. The van der Waals surface area contributed by atoms with E-state index in [1.807, 2.05) is 18.2 Å². The zero-order chi connectivity index (χ0) is 12.5. The van der Waals surface area contributed by atoms with Gasteiger partial charge in [0.05, 0.1) is 6.61 Å². The van der Waals surface area contributed by atoms with E-state index in [0.29, 0.717) is 19.3 Å². The predicted octanol–water partition coefficient (Wildman–Crippen LogP) is 2.60. The van der Waals surface area contributed by atoms with Gasteiger partial charge in [-0.25, -0.2) is 0 Å². The average molecular weight is 237 g/mol. The van der Waals surface area contributed by atoms with Crippen LogP contribution in [0.4, 0.5) is 0 Å². The smallest absolute Gasteiger partial charge is 0.123 e. The van der Waals surface area contributed by atoms with Gasteiger partial charge < -0.3 is 14.8 Å². The van der Waals surface area contributed by atoms with Crippen molar-refractivity contribution in [1.29, 1.82) is 0 Å².